The van der Waals surface area contributed by atoms with E-state index >= 15 is 0 Å². The quantitative estimate of drug-likeness (QED) is 0.717. The summed E-state index contributed by atoms with van der Waals surface area (Å²) in [6.45, 7) is 4.18. The fourth-order valence-corrected chi connectivity index (χ4v) is 1.55. The summed E-state index contributed by atoms with van der Waals surface area (Å²) in [7, 11) is 0. The van der Waals surface area contributed by atoms with Crippen molar-refractivity contribution in [1.29, 1.82) is 0 Å². The third-order valence-electron chi connectivity index (χ3n) is 2.55. The lowest BCUT2D eigenvalue weighted by atomic mass is 10.1. The maximum Gasteiger partial charge on any atom is 0.251 e. The maximum absolute atomic E-state index is 11.9. The van der Waals surface area contributed by atoms with E-state index in [0.29, 0.717) is 22.8 Å². The van der Waals surface area contributed by atoms with E-state index in [0.717, 1.165) is 6.42 Å². The molecule has 0 aliphatic heterocycles. The molecule has 0 aromatic heterocycles. The Morgan fingerprint density at radius 2 is 2.11 bits per heavy atom. The van der Waals surface area contributed by atoms with Crippen LogP contribution in [0.5, 0.6) is 0 Å². The van der Waals surface area contributed by atoms with Crippen LogP contribution in [-0.4, -0.2) is 24.4 Å². The van der Waals surface area contributed by atoms with Crippen molar-refractivity contribution >= 4 is 29.1 Å². The summed E-state index contributed by atoms with van der Waals surface area (Å²) in [4.78, 5) is 23.5. The first kappa shape index (κ1) is 15.3. The predicted octanol–water partition coefficient (Wildman–Crippen LogP) is 1.57. The summed E-state index contributed by atoms with van der Waals surface area (Å²) < 4.78 is 0. The van der Waals surface area contributed by atoms with Crippen molar-refractivity contribution in [2.45, 2.75) is 26.3 Å². The number of amides is 2. The van der Waals surface area contributed by atoms with Gasteiger partial charge >= 0.3 is 0 Å². The molecule has 104 valence electrons. The van der Waals surface area contributed by atoms with E-state index in [2.05, 4.69) is 10.6 Å². The summed E-state index contributed by atoms with van der Waals surface area (Å²) in [5.74, 6) is -0.570. The van der Waals surface area contributed by atoms with Crippen LogP contribution in [0.1, 0.15) is 30.6 Å². The van der Waals surface area contributed by atoms with Crippen LogP contribution in [0.25, 0.3) is 0 Å². The number of benzene rings is 1. The van der Waals surface area contributed by atoms with Crippen LogP contribution in [0, 0.1) is 0 Å². The van der Waals surface area contributed by atoms with E-state index in [1.54, 1.807) is 19.1 Å². The normalized spacial score (nSPS) is 11.7. The van der Waals surface area contributed by atoms with Crippen LogP contribution in [0.2, 0.25) is 5.02 Å². The summed E-state index contributed by atoms with van der Waals surface area (Å²) in [5, 5.41) is 5.71. The molecule has 0 aliphatic rings. The zero-order valence-corrected chi connectivity index (χ0v) is 11.8. The zero-order chi connectivity index (χ0) is 14.4. The van der Waals surface area contributed by atoms with Gasteiger partial charge in [-0.25, -0.2) is 0 Å². The van der Waals surface area contributed by atoms with Gasteiger partial charge in [-0.2, -0.15) is 0 Å². The Bertz CT molecular complexity index is 477. The highest BCUT2D eigenvalue weighted by Gasteiger charge is 2.16. The molecular formula is C13H18ClN3O2. The van der Waals surface area contributed by atoms with E-state index in [1.807, 2.05) is 6.92 Å². The molecule has 1 atom stereocenters. The number of hydrogen-bond acceptors (Lipinski definition) is 3. The monoisotopic (exact) mass is 283 g/mol. The van der Waals surface area contributed by atoms with E-state index < -0.39 is 6.04 Å². The van der Waals surface area contributed by atoms with Crippen molar-refractivity contribution in [3.63, 3.8) is 0 Å². The fourth-order valence-electron chi connectivity index (χ4n) is 1.43. The van der Waals surface area contributed by atoms with Gasteiger partial charge in [-0.3, -0.25) is 9.59 Å². The average Bonchev–Trinajstić information content (AvgIpc) is 2.38. The highest BCUT2D eigenvalue weighted by molar-refractivity contribution is 6.33. The minimum absolute atomic E-state index is 0.211. The van der Waals surface area contributed by atoms with Gasteiger partial charge in [0.15, 0.2) is 0 Å². The van der Waals surface area contributed by atoms with Crippen molar-refractivity contribution in [1.82, 2.24) is 10.6 Å². The second-order valence-electron chi connectivity index (χ2n) is 4.22. The molecule has 2 amide bonds. The van der Waals surface area contributed by atoms with Crippen molar-refractivity contribution in [2.75, 3.05) is 12.3 Å². The van der Waals surface area contributed by atoms with Gasteiger partial charge in [0.2, 0.25) is 5.91 Å². The third kappa shape index (κ3) is 4.44. The van der Waals surface area contributed by atoms with E-state index in [9.17, 15) is 9.59 Å². The summed E-state index contributed by atoms with van der Waals surface area (Å²) in [6, 6.07) is 3.99. The molecule has 0 aliphatic carbocycles. The molecule has 0 bridgehead atoms. The molecule has 0 fully saturated rings. The molecule has 5 nitrogen and oxygen atoms in total. The zero-order valence-electron chi connectivity index (χ0n) is 11.0. The van der Waals surface area contributed by atoms with Crippen LogP contribution >= 0.6 is 11.6 Å². The molecule has 1 aromatic carbocycles. The number of nitrogens with one attached hydrogen (secondary N) is 2. The van der Waals surface area contributed by atoms with Gasteiger partial charge in [-0.05, 0) is 31.5 Å². The van der Waals surface area contributed by atoms with Crippen LogP contribution in [0.4, 0.5) is 5.69 Å². The highest BCUT2D eigenvalue weighted by Crippen LogP contribution is 2.19. The lowest BCUT2D eigenvalue weighted by molar-refractivity contribution is -0.122. The standard InChI is InChI=1S/C13H18ClN3O2/c1-3-6-16-12(18)8(2)17-13(19)9-4-5-10(14)11(15)7-9/h4-5,7-8H,3,6,15H2,1-2H3,(H,16,18)(H,17,19). The maximum atomic E-state index is 11.9. The molecule has 0 saturated heterocycles. The first-order valence-electron chi connectivity index (χ1n) is 6.09. The Hall–Kier alpha value is -1.75. The van der Waals surface area contributed by atoms with Gasteiger partial charge in [-0.15, -0.1) is 0 Å². The lowest BCUT2D eigenvalue weighted by Crippen LogP contribution is -2.45. The topological polar surface area (TPSA) is 84.2 Å². The Labute approximate surface area is 117 Å². The number of carbonyl (C=O) groups is 2. The summed E-state index contributed by atoms with van der Waals surface area (Å²) >= 11 is 5.78. The molecule has 1 rings (SSSR count). The number of halogens is 1. The van der Waals surface area contributed by atoms with Gasteiger partial charge < -0.3 is 16.4 Å². The number of nitrogen functional groups attached to an aromatic ring is 1. The molecule has 4 N–H and O–H groups in total. The molecule has 19 heavy (non-hydrogen) atoms. The SMILES string of the molecule is CCCNC(=O)C(C)NC(=O)c1ccc(Cl)c(N)c1. The Morgan fingerprint density at radius 1 is 1.42 bits per heavy atom. The summed E-state index contributed by atoms with van der Waals surface area (Å²) in [6.07, 6.45) is 0.847. The van der Waals surface area contributed by atoms with Crippen LogP contribution in [0.3, 0.4) is 0 Å². The van der Waals surface area contributed by atoms with Gasteiger partial charge in [-0.1, -0.05) is 18.5 Å². The first-order valence-corrected chi connectivity index (χ1v) is 6.47. The molecule has 6 heteroatoms. The lowest BCUT2D eigenvalue weighted by Gasteiger charge is -2.14. The van der Waals surface area contributed by atoms with E-state index in [4.69, 9.17) is 17.3 Å². The third-order valence-corrected chi connectivity index (χ3v) is 2.89. The number of anilines is 1. The van der Waals surface area contributed by atoms with Gasteiger partial charge in [0.1, 0.15) is 6.04 Å². The molecule has 0 saturated carbocycles. The smallest absolute Gasteiger partial charge is 0.251 e. The molecule has 0 heterocycles. The summed E-state index contributed by atoms with van der Waals surface area (Å²) in [5.41, 5.74) is 6.33. The fraction of sp³-hybridized carbons (Fsp3) is 0.385. The predicted molar refractivity (Wildman–Crippen MR) is 76.1 cm³/mol. The number of carbonyl (C=O) groups excluding carboxylic acids is 2. The van der Waals surface area contributed by atoms with E-state index in [1.165, 1.54) is 6.07 Å². The van der Waals surface area contributed by atoms with Crippen LogP contribution < -0.4 is 16.4 Å². The number of hydrogen-bond donors (Lipinski definition) is 3. The van der Waals surface area contributed by atoms with Crippen LogP contribution in [0.15, 0.2) is 18.2 Å². The molecule has 0 spiro atoms. The Kier molecular flexibility index (Phi) is 5.63. The van der Waals surface area contributed by atoms with Gasteiger partial charge in [0.05, 0.1) is 10.7 Å². The highest BCUT2D eigenvalue weighted by atomic mass is 35.5. The van der Waals surface area contributed by atoms with Crippen LogP contribution in [-0.2, 0) is 4.79 Å². The second-order valence-corrected chi connectivity index (χ2v) is 4.63. The van der Waals surface area contributed by atoms with Gasteiger partial charge in [0.25, 0.3) is 5.91 Å². The number of rotatable bonds is 5. The minimum Gasteiger partial charge on any atom is -0.398 e. The van der Waals surface area contributed by atoms with Crippen molar-refractivity contribution in [3.8, 4) is 0 Å². The average molecular weight is 284 g/mol. The minimum atomic E-state index is -0.601. The largest absolute Gasteiger partial charge is 0.398 e. The molecular weight excluding hydrogens is 266 g/mol. The molecule has 1 unspecified atom stereocenters. The van der Waals surface area contributed by atoms with Crippen molar-refractivity contribution in [2.24, 2.45) is 0 Å². The van der Waals surface area contributed by atoms with E-state index in [-0.39, 0.29) is 11.8 Å². The first-order chi connectivity index (χ1) is 8.95. The van der Waals surface area contributed by atoms with Crippen molar-refractivity contribution < 1.29 is 9.59 Å². The Balaban J connectivity index is 2.63. The molecule has 0 radical (unpaired) electrons. The van der Waals surface area contributed by atoms with Gasteiger partial charge in [0, 0.05) is 12.1 Å². The second kappa shape index (κ2) is 6.99. The Morgan fingerprint density at radius 3 is 2.68 bits per heavy atom. The molecule has 1 aromatic rings. The van der Waals surface area contributed by atoms with Crippen molar-refractivity contribution in [3.05, 3.63) is 28.8 Å². The number of nitrogens with two attached hydrogens (primary N) is 1.